The Balaban J connectivity index is 2.09. The summed E-state index contributed by atoms with van der Waals surface area (Å²) in [6.45, 7) is 1.88. The van der Waals surface area contributed by atoms with E-state index >= 15 is 0 Å². The molecule has 1 aliphatic rings. The number of hydrogen-bond donors (Lipinski definition) is 2. The predicted molar refractivity (Wildman–Crippen MR) is 75.9 cm³/mol. The highest BCUT2D eigenvalue weighted by Crippen LogP contribution is 2.39. The van der Waals surface area contributed by atoms with Crippen LogP contribution in [0.5, 0.6) is 0 Å². The molecule has 3 rings (SSSR count). The van der Waals surface area contributed by atoms with Crippen molar-refractivity contribution >= 4 is 0 Å². The van der Waals surface area contributed by atoms with Crippen molar-refractivity contribution in [2.45, 2.75) is 37.5 Å². The van der Waals surface area contributed by atoms with Gasteiger partial charge in [0.05, 0.1) is 24.2 Å². The van der Waals surface area contributed by atoms with Crippen molar-refractivity contribution in [1.29, 1.82) is 0 Å². The number of nitrogens with one attached hydrogen (secondary N) is 1. The second kappa shape index (κ2) is 5.00. The van der Waals surface area contributed by atoms with Crippen molar-refractivity contribution in [3.63, 3.8) is 0 Å². The van der Waals surface area contributed by atoms with Crippen LogP contribution < -0.4 is 5.32 Å². The maximum atomic E-state index is 11.3. The average molecular weight is 277 g/mol. The van der Waals surface area contributed by atoms with Crippen molar-refractivity contribution in [2.75, 3.05) is 0 Å². The van der Waals surface area contributed by atoms with E-state index in [4.69, 9.17) is 6.85 Å². The minimum absolute atomic E-state index is 0.0549. The van der Waals surface area contributed by atoms with Gasteiger partial charge in [0.25, 0.3) is 0 Å². The third-order valence-corrected chi connectivity index (χ3v) is 3.61. The molecule has 0 bridgehead atoms. The third-order valence-electron chi connectivity index (χ3n) is 3.61. The summed E-state index contributed by atoms with van der Waals surface area (Å²) in [5.74, 6) is 0. The van der Waals surface area contributed by atoms with Gasteiger partial charge >= 0.3 is 0 Å². The number of aliphatic hydroxyl groups is 1. The van der Waals surface area contributed by atoms with Gasteiger partial charge in [-0.1, -0.05) is 35.4 Å². The molecule has 1 aromatic carbocycles. The Hall–Kier alpha value is -1.72. The van der Waals surface area contributed by atoms with Crippen molar-refractivity contribution in [1.82, 2.24) is 20.3 Å². The molecule has 1 saturated heterocycles. The van der Waals surface area contributed by atoms with Gasteiger partial charge in [-0.3, -0.25) is 4.68 Å². The third kappa shape index (κ3) is 2.46. The van der Waals surface area contributed by atoms with Crippen LogP contribution in [-0.4, -0.2) is 26.1 Å². The minimum atomic E-state index is -1.56. The zero-order valence-electron chi connectivity index (χ0n) is 16.4. The Labute approximate surface area is 125 Å². The maximum absolute atomic E-state index is 11.3. The monoisotopic (exact) mass is 277 g/mol. The van der Waals surface area contributed by atoms with Crippen molar-refractivity contribution in [3.05, 3.63) is 47.7 Å². The van der Waals surface area contributed by atoms with Gasteiger partial charge in [-0.05, 0) is 18.9 Å². The van der Waals surface area contributed by atoms with E-state index in [-0.39, 0.29) is 42.6 Å². The van der Waals surface area contributed by atoms with Gasteiger partial charge in [-0.25, -0.2) is 0 Å². The molecule has 2 heterocycles. The Morgan fingerprint density at radius 2 is 2.15 bits per heavy atom. The molecule has 0 amide bonds. The summed E-state index contributed by atoms with van der Waals surface area (Å²) in [7, 11) is 1.74. The number of piperidine rings is 1. The predicted octanol–water partition coefficient (Wildman–Crippen LogP) is 1.52. The number of aryl methyl sites for hydroxylation is 1. The standard InChI is InChI=1S/C15H20N4O/c1-11-8-15(20,12-6-4-3-5-7-12)9-13(16-11)14-10-19(2)18-17-14/h3-7,10-11,13,16,20H,8-9H2,1-2H3/t11-,13-,15-/m0/s1/i3D,4D,5D,6D,7D. The summed E-state index contributed by atoms with van der Waals surface area (Å²) in [5, 5.41) is 22.6. The average Bonchev–Trinajstić information content (AvgIpc) is 2.97. The maximum Gasteiger partial charge on any atom is 0.0997 e. The molecule has 5 nitrogen and oxygen atoms in total. The highest BCUT2D eigenvalue weighted by Gasteiger charge is 2.40. The molecule has 2 aromatic rings. The summed E-state index contributed by atoms with van der Waals surface area (Å²) in [5.41, 5.74) is -0.971. The Morgan fingerprint density at radius 3 is 2.80 bits per heavy atom. The van der Waals surface area contributed by atoms with E-state index in [9.17, 15) is 5.11 Å². The molecule has 1 aromatic heterocycles. The van der Waals surface area contributed by atoms with Crippen molar-refractivity contribution < 1.29 is 12.0 Å². The van der Waals surface area contributed by atoms with Crippen LogP contribution in [0.15, 0.2) is 36.4 Å². The minimum Gasteiger partial charge on any atom is -0.385 e. The van der Waals surface area contributed by atoms with Crippen LogP contribution in [-0.2, 0) is 12.6 Å². The van der Waals surface area contributed by atoms with Crippen LogP contribution in [0.25, 0.3) is 0 Å². The van der Waals surface area contributed by atoms with Crippen LogP contribution in [0.2, 0.25) is 0 Å². The SMILES string of the molecule is [2H]c1c([2H])c([2H])c([C@@]2(O)C[C@@H](c3cn(C)nn3)N[C@@H](C)C2)c([2H])c1[2H]. The van der Waals surface area contributed by atoms with Crippen LogP contribution in [0.3, 0.4) is 0 Å². The fourth-order valence-corrected chi connectivity index (χ4v) is 2.79. The van der Waals surface area contributed by atoms with E-state index in [0.717, 1.165) is 0 Å². The van der Waals surface area contributed by atoms with Gasteiger partial charge in [-0.2, -0.15) is 0 Å². The number of nitrogens with zero attached hydrogens (tertiary/aromatic N) is 3. The second-order valence-corrected chi connectivity index (χ2v) is 5.38. The van der Waals surface area contributed by atoms with E-state index in [0.29, 0.717) is 5.69 Å². The molecule has 0 saturated carbocycles. The molecule has 5 heteroatoms. The highest BCUT2D eigenvalue weighted by molar-refractivity contribution is 5.25. The first kappa shape index (κ1) is 8.54. The van der Waals surface area contributed by atoms with Crippen LogP contribution in [0.1, 0.15) is 43.9 Å². The zero-order valence-corrected chi connectivity index (χ0v) is 11.4. The number of rotatable bonds is 2. The molecule has 2 N–H and O–H groups in total. The van der Waals surface area contributed by atoms with E-state index in [1.807, 2.05) is 6.92 Å². The molecule has 1 fully saturated rings. The van der Waals surface area contributed by atoms with Crippen molar-refractivity contribution in [3.8, 4) is 0 Å². The van der Waals surface area contributed by atoms with Crippen LogP contribution >= 0.6 is 0 Å². The van der Waals surface area contributed by atoms with E-state index in [1.165, 1.54) is 0 Å². The molecule has 20 heavy (non-hydrogen) atoms. The Morgan fingerprint density at radius 1 is 1.40 bits per heavy atom. The van der Waals surface area contributed by atoms with Gasteiger partial charge in [-0.15, -0.1) is 5.10 Å². The molecule has 0 unspecified atom stereocenters. The quantitative estimate of drug-likeness (QED) is 0.873. The van der Waals surface area contributed by atoms with Gasteiger partial charge in [0.2, 0.25) is 0 Å². The van der Waals surface area contributed by atoms with Crippen molar-refractivity contribution in [2.24, 2.45) is 7.05 Å². The molecule has 3 atom stereocenters. The second-order valence-electron chi connectivity index (χ2n) is 5.38. The van der Waals surface area contributed by atoms with Crippen LogP contribution in [0, 0.1) is 0 Å². The highest BCUT2D eigenvalue weighted by atomic mass is 16.3. The first-order valence-electron chi connectivity index (χ1n) is 9.06. The molecular formula is C15H20N4O. The Kier molecular flexibility index (Phi) is 2.13. The first-order chi connectivity index (χ1) is 11.6. The van der Waals surface area contributed by atoms with Gasteiger partial charge in [0.15, 0.2) is 0 Å². The lowest BCUT2D eigenvalue weighted by atomic mass is 9.78. The molecule has 0 spiro atoms. The molecule has 1 aliphatic heterocycles. The van der Waals surface area contributed by atoms with E-state index in [1.54, 1.807) is 17.9 Å². The number of aromatic nitrogens is 3. The van der Waals surface area contributed by atoms with Crippen LogP contribution in [0.4, 0.5) is 0 Å². The number of benzene rings is 1. The summed E-state index contributed by atoms with van der Waals surface area (Å²) >= 11 is 0. The molecule has 106 valence electrons. The smallest absolute Gasteiger partial charge is 0.0997 e. The summed E-state index contributed by atoms with van der Waals surface area (Å²) in [6, 6.07) is -2.53. The lowest BCUT2D eigenvalue weighted by molar-refractivity contribution is -0.0235. The fraction of sp³-hybridized carbons (Fsp3) is 0.467. The molecular weight excluding hydrogens is 252 g/mol. The zero-order chi connectivity index (χ0) is 18.5. The summed E-state index contributed by atoms with van der Waals surface area (Å²) in [4.78, 5) is 0. The van der Waals surface area contributed by atoms with E-state index < -0.39 is 23.7 Å². The first-order valence-corrected chi connectivity index (χ1v) is 6.56. The lowest BCUT2D eigenvalue weighted by Gasteiger charge is -2.40. The normalized spacial score (nSPS) is 33.9. The summed E-state index contributed by atoms with van der Waals surface area (Å²) in [6.07, 6.45) is 2.11. The lowest BCUT2D eigenvalue weighted by Crippen LogP contribution is -2.47. The fourth-order valence-electron chi connectivity index (χ4n) is 2.79. The summed E-state index contributed by atoms with van der Waals surface area (Å²) < 4.78 is 41.3. The largest absolute Gasteiger partial charge is 0.385 e. The number of hydrogen-bond acceptors (Lipinski definition) is 4. The van der Waals surface area contributed by atoms with Gasteiger partial charge in [0, 0.05) is 25.7 Å². The molecule has 0 aliphatic carbocycles. The van der Waals surface area contributed by atoms with Gasteiger partial charge < -0.3 is 10.4 Å². The van der Waals surface area contributed by atoms with Gasteiger partial charge in [0.1, 0.15) is 0 Å². The van der Waals surface area contributed by atoms with E-state index in [2.05, 4.69) is 15.6 Å². The topological polar surface area (TPSA) is 63.0 Å². The Bertz CT molecular complexity index is 797. The molecule has 0 radical (unpaired) electrons.